The zero-order valence-corrected chi connectivity index (χ0v) is 13.2. The van der Waals surface area contributed by atoms with Gasteiger partial charge in [-0.3, -0.25) is 4.79 Å². The summed E-state index contributed by atoms with van der Waals surface area (Å²) in [5, 5.41) is 17.2. The lowest BCUT2D eigenvalue weighted by Gasteiger charge is -2.16. The third kappa shape index (κ3) is 6.58. The summed E-state index contributed by atoms with van der Waals surface area (Å²) in [6.45, 7) is 3.93. The summed E-state index contributed by atoms with van der Waals surface area (Å²) in [5.41, 5.74) is 1.25. The van der Waals surface area contributed by atoms with Crippen LogP contribution < -0.4 is 16.0 Å². The molecule has 0 aliphatic heterocycles. The molecule has 4 N–H and O–H groups in total. The van der Waals surface area contributed by atoms with E-state index in [2.05, 4.69) is 16.0 Å². The molecular formula is C16H25N3O3. The van der Waals surface area contributed by atoms with E-state index in [4.69, 9.17) is 5.11 Å². The van der Waals surface area contributed by atoms with Crippen molar-refractivity contribution in [2.45, 2.75) is 45.6 Å². The fraction of sp³-hybridized carbons (Fsp3) is 0.500. The molecule has 0 radical (unpaired) electrons. The molecule has 0 heterocycles. The molecule has 0 aliphatic rings. The Kier molecular flexibility index (Phi) is 7.99. The number of benzene rings is 1. The van der Waals surface area contributed by atoms with Crippen LogP contribution in [0.25, 0.3) is 0 Å². The quantitative estimate of drug-likeness (QED) is 0.595. The van der Waals surface area contributed by atoms with Crippen molar-refractivity contribution in [3.05, 3.63) is 24.3 Å². The van der Waals surface area contributed by atoms with Crippen molar-refractivity contribution >= 4 is 23.3 Å². The first-order chi connectivity index (χ1) is 10.6. The third-order valence-electron chi connectivity index (χ3n) is 3.19. The van der Waals surface area contributed by atoms with E-state index in [-0.39, 0.29) is 24.6 Å². The Bertz CT molecular complexity index is 491. The molecule has 0 saturated carbocycles. The van der Waals surface area contributed by atoms with Crippen LogP contribution in [-0.4, -0.2) is 29.7 Å². The van der Waals surface area contributed by atoms with Gasteiger partial charge in [0, 0.05) is 30.4 Å². The number of urea groups is 1. The monoisotopic (exact) mass is 307 g/mol. The number of rotatable bonds is 8. The summed E-state index contributed by atoms with van der Waals surface area (Å²) in [4.78, 5) is 23.5. The number of amides is 3. The molecule has 6 nitrogen and oxygen atoms in total. The van der Waals surface area contributed by atoms with Crippen molar-refractivity contribution in [1.29, 1.82) is 0 Å². The number of carbonyl (C=O) groups is 2. The van der Waals surface area contributed by atoms with Crippen LogP contribution in [0, 0.1) is 0 Å². The summed E-state index contributed by atoms with van der Waals surface area (Å²) in [5.74, 6) is -0.0434. The molecule has 1 aromatic carbocycles. The molecule has 1 atom stereocenters. The SMILES string of the molecule is CCCC(=O)Nc1cccc(NC(=O)NC(CC)CCO)c1. The third-order valence-corrected chi connectivity index (χ3v) is 3.19. The topological polar surface area (TPSA) is 90.5 Å². The largest absolute Gasteiger partial charge is 0.396 e. The number of anilines is 2. The molecule has 22 heavy (non-hydrogen) atoms. The van der Waals surface area contributed by atoms with Crippen LogP contribution in [0.4, 0.5) is 16.2 Å². The lowest BCUT2D eigenvalue weighted by Crippen LogP contribution is -2.38. The predicted octanol–water partition coefficient (Wildman–Crippen LogP) is 2.71. The molecular weight excluding hydrogens is 282 g/mol. The Balaban J connectivity index is 2.58. The molecule has 0 bridgehead atoms. The van der Waals surface area contributed by atoms with Gasteiger partial charge < -0.3 is 21.1 Å². The first-order valence-electron chi connectivity index (χ1n) is 7.67. The standard InChI is InChI=1S/C16H25N3O3/c1-3-6-15(21)17-13-7-5-8-14(11-13)19-16(22)18-12(4-2)9-10-20/h5,7-8,11-12,20H,3-4,6,9-10H2,1-2H3,(H,17,21)(H2,18,19,22). The van der Waals surface area contributed by atoms with Crippen LogP contribution in [0.5, 0.6) is 0 Å². The molecule has 0 saturated heterocycles. The van der Waals surface area contributed by atoms with Crippen LogP contribution in [0.2, 0.25) is 0 Å². The second-order valence-electron chi connectivity index (χ2n) is 5.09. The van der Waals surface area contributed by atoms with Gasteiger partial charge in [-0.1, -0.05) is 19.9 Å². The highest BCUT2D eigenvalue weighted by atomic mass is 16.3. The van der Waals surface area contributed by atoms with E-state index in [0.717, 1.165) is 12.8 Å². The highest BCUT2D eigenvalue weighted by Gasteiger charge is 2.10. The van der Waals surface area contributed by atoms with E-state index in [1.54, 1.807) is 24.3 Å². The number of hydrogen-bond donors (Lipinski definition) is 4. The van der Waals surface area contributed by atoms with Crippen LogP contribution in [0.3, 0.4) is 0 Å². The summed E-state index contributed by atoms with van der Waals surface area (Å²) < 4.78 is 0. The first-order valence-corrected chi connectivity index (χ1v) is 7.67. The maximum absolute atomic E-state index is 11.9. The van der Waals surface area contributed by atoms with Gasteiger partial charge in [-0.05, 0) is 37.5 Å². The Morgan fingerprint density at radius 1 is 1.18 bits per heavy atom. The summed E-state index contributed by atoms with van der Waals surface area (Å²) in [7, 11) is 0. The van der Waals surface area contributed by atoms with Crippen molar-refractivity contribution < 1.29 is 14.7 Å². The van der Waals surface area contributed by atoms with Crippen LogP contribution in [0.1, 0.15) is 39.5 Å². The maximum atomic E-state index is 11.9. The van der Waals surface area contributed by atoms with Gasteiger partial charge in [0.25, 0.3) is 0 Å². The van der Waals surface area contributed by atoms with Gasteiger partial charge in [-0.2, -0.15) is 0 Å². The number of aliphatic hydroxyl groups is 1. The van der Waals surface area contributed by atoms with E-state index in [9.17, 15) is 9.59 Å². The molecule has 0 aliphatic carbocycles. The van der Waals surface area contributed by atoms with Crippen molar-refractivity contribution in [3.63, 3.8) is 0 Å². The van der Waals surface area contributed by atoms with Crippen molar-refractivity contribution in [1.82, 2.24) is 5.32 Å². The molecule has 0 fully saturated rings. The number of carbonyl (C=O) groups excluding carboxylic acids is 2. The van der Waals surface area contributed by atoms with E-state index in [0.29, 0.717) is 24.2 Å². The smallest absolute Gasteiger partial charge is 0.319 e. The average molecular weight is 307 g/mol. The molecule has 122 valence electrons. The minimum absolute atomic E-state index is 0.0394. The summed E-state index contributed by atoms with van der Waals surface area (Å²) >= 11 is 0. The van der Waals surface area contributed by atoms with Crippen LogP contribution in [-0.2, 0) is 4.79 Å². The van der Waals surface area contributed by atoms with E-state index in [1.807, 2.05) is 13.8 Å². The predicted molar refractivity (Wildman–Crippen MR) is 87.9 cm³/mol. The maximum Gasteiger partial charge on any atom is 0.319 e. The molecule has 0 spiro atoms. The van der Waals surface area contributed by atoms with Gasteiger partial charge >= 0.3 is 6.03 Å². The molecule has 1 aromatic rings. The molecule has 1 rings (SSSR count). The van der Waals surface area contributed by atoms with E-state index in [1.165, 1.54) is 0 Å². The normalized spacial score (nSPS) is 11.6. The van der Waals surface area contributed by atoms with Gasteiger partial charge in [0.1, 0.15) is 0 Å². The molecule has 3 amide bonds. The van der Waals surface area contributed by atoms with Crippen LogP contribution >= 0.6 is 0 Å². The van der Waals surface area contributed by atoms with Gasteiger partial charge in [0.05, 0.1) is 0 Å². The second-order valence-corrected chi connectivity index (χ2v) is 5.09. The zero-order valence-electron chi connectivity index (χ0n) is 13.2. The van der Waals surface area contributed by atoms with Gasteiger partial charge in [-0.25, -0.2) is 4.79 Å². The summed E-state index contributed by atoms with van der Waals surface area (Å²) in [6, 6.07) is 6.62. The second kappa shape index (κ2) is 9.78. The first kappa shape index (κ1) is 18.0. The highest BCUT2D eigenvalue weighted by molar-refractivity contribution is 5.93. The van der Waals surface area contributed by atoms with Gasteiger partial charge in [-0.15, -0.1) is 0 Å². The Morgan fingerprint density at radius 3 is 2.45 bits per heavy atom. The van der Waals surface area contributed by atoms with Crippen molar-refractivity contribution in [3.8, 4) is 0 Å². The average Bonchev–Trinajstić information content (AvgIpc) is 2.47. The summed E-state index contributed by atoms with van der Waals surface area (Å²) in [6.07, 6.45) is 2.53. The molecule has 6 heteroatoms. The fourth-order valence-electron chi connectivity index (χ4n) is 2.01. The zero-order chi connectivity index (χ0) is 16.4. The van der Waals surface area contributed by atoms with Crippen LogP contribution in [0.15, 0.2) is 24.3 Å². The Hall–Kier alpha value is -2.08. The highest BCUT2D eigenvalue weighted by Crippen LogP contribution is 2.15. The lowest BCUT2D eigenvalue weighted by molar-refractivity contribution is -0.116. The van der Waals surface area contributed by atoms with Crippen molar-refractivity contribution in [2.24, 2.45) is 0 Å². The minimum atomic E-state index is -0.322. The minimum Gasteiger partial charge on any atom is -0.396 e. The van der Waals surface area contributed by atoms with Crippen molar-refractivity contribution in [2.75, 3.05) is 17.2 Å². The van der Waals surface area contributed by atoms with Gasteiger partial charge in [0.15, 0.2) is 0 Å². The lowest BCUT2D eigenvalue weighted by atomic mass is 10.2. The Morgan fingerprint density at radius 2 is 1.86 bits per heavy atom. The number of aliphatic hydroxyl groups excluding tert-OH is 1. The number of hydrogen-bond acceptors (Lipinski definition) is 3. The number of nitrogens with one attached hydrogen (secondary N) is 3. The van der Waals surface area contributed by atoms with E-state index < -0.39 is 0 Å². The molecule has 1 unspecified atom stereocenters. The fourth-order valence-corrected chi connectivity index (χ4v) is 2.01. The molecule has 0 aromatic heterocycles. The Labute approximate surface area is 131 Å². The van der Waals surface area contributed by atoms with Gasteiger partial charge in [0.2, 0.25) is 5.91 Å². The van der Waals surface area contributed by atoms with E-state index >= 15 is 0 Å².